The summed E-state index contributed by atoms with van der Waals surface area (Å²) in [5, 5.41) is 0. The second-order valence-corrected chi connectivity index (χ2v) is 4.93. The van der Waals surface area contributed by atoms with Gasteiger partial charge >= 0.3 is 0 Å². The van der Waals surface area contributed by atoms with Crippen molar-refractivity contribution in [2.45, 2.75) is 25.7 Å². The van der Waals surface area contributed by atoms with Gasteiger partial charge in [0, 0.05) is 12.4 Å². The van der Waals surface area contributed by atoms with Crippen LogP contribution in [0.3, 0.4) is 0 Å². The molecule has 0 fully saturated rings. The van der Waals surface area contributed by atoms with E-state index in [1.54, 1.807) is 0 Å². The molecule has 0 N–H and O–H groups in total. The van der Waals surface area contributed by atoms with E-state index in [1.165, 1.54) is 17.0 Å². The fourth-order valence-corrected chi connectivity index (χ4v) is 2.40. The van der Waals surface area contributed by atoms with Gasteiger partial charge in [0.2, 0.25) is 0 Å². The molecular weight excluding hydrogens is 269 g/mol. The number of benzene rings is 1. The Balaban J connectivity index is 2.02. The summed E-state index contributed by atoms with van der Waals surface area (Å²) in [6.45, 7) is 0.492. The van der Waals surface area contributed by atoms with Gasteiger partial charge in [0.15, 0.2) is 0 Å². The van der Waals surface area contributed by atoms with E-state index in [9.17, 15) is 14.0 Å². The van der Waals surface area contributed by atoms with Crippen LogP contribution in [0.2, 0.25) is 0 Å². The van der Waals surface area contributed by atoms with E-state index >= 15 is 0 Å². The third kappa shape index (κ3) is 2.95. The van der Waals surface area contributed by atoms with Crippen LogP contribution >= 0.6 is 11.6 Å². The molecule has 0 atom stereocenters. The molecule has 0 saturated carbocycles. The summed E-state index contributed by atoms with van der Waals surface area (Å²) >= 11 is 5.59. The van der Waals surface area contributed by atoms with E-state index in [0.29, 0.717) is 18.1 Å². The number of Topliss-reactive ketones (excluding diaryl/α,β-unsaturated/α-hetero) is 1. The monoisotopic (exact) mass is 283 g/mol. The predicted molar refractivity (Wildman–Crippen MR) is 72.3 cm³/mol. The summed E-state index contributed by atoms with van der Waals surface area (Å²) in [7, 11) is 0. The van der Waals surface area contributed by atoms with Crippen molar-refractivity contribution in [1.82, 2.24) is 0 Å². The zero-order valence-corrected chi connectivity index (χ0v) is 11.3. The first-order valence-electron chi connectivity index (χ1n) is 6.37. The van der Waals surface area contributed by atoms with Gasteiger partial charge < -0.3 is 4.90 Å². The Kier molecular flexibility index (Phi) is 4.53. The highest BCUT2D eigenvalue weighted by Crippen LogP contribution is 2.29. The van der Waals surface area contributed by atoms with Crippen molar-refractivity contribution in [3.8, 4) is 0 Å². The number of alkyl halides is 1. The normalized spacial score (nSPS) is 14.1. The Morgan fingerprint density at radius 3 is 2.58 bits per heavy atom. The van der Waals surface area contributed by atoms with Crippen LogP contribution in [0.4, 0.5) is 10.1 Å². The highest BCUT2D eigenvalue weighted by molar-refractivity contribution is 6.52. The molecule has 102 valence electrons. The first-order valence-corrected chi connectivity index (χ1v) is 6.90. The summed E-state index contributed by atoms with van der Waals surface area (Å²) in [6.07, 6.45) is 3.74. The fourth-order valence-electron chi connectivity index (χ4n) is 2.21. The summed E-state index contributed by atoms with van der Waals surface area (Å²) < 4.78 is 13.1. The zero-order valence-electron chi connectivity index (χ0n) is 10.5. The minimum absolute atomic E-state index is 0.172. The van der Waals surface area contributed by atoms with Crippen molar-refractivity contribution in [2.75, 3.05) is 17.3 Å². The van der Waals surface area contributed by atoms with Gasteiger partial charge in [-0.2, -0.15) is 0 Å². The number of rotatable bonds is 6. The number of halogens is 2. The first-order chi connectivity index (χ1) is 9.15. The molecule has 1 aromatic carbocycles. The van der Waals surface area contributed by atoms with Gasteiger partial charge in [-0.1, -0.05) is 12.8 Å². The number of anilines is 1. The van der Waals surface area contributed by atoms with Gasteiger partial charge in [0.05, 0.1) is 11.3 Å². The van der Waals surface area contributed by atoms with E-state index in [0.717, 1.165) is 31.7 Å². The van der Waals surface area contributed by atoms with Gasteiger partial charge in [-0.15, -0.1) is 11.6 Å². The molecule has 3 nitrogen and oxygen atoms in total. The molecule has 0 aromatic heterocycles. The zero-order chi connectivity index (χ0) is 13.8. The lowest BCUT2D eigenvalue weighted by atomic mass is 10.1. The van der Waals surface area contributed by atoms with Crippen LogP contribution in [0.5, 0.6) is 0 Å². The molecule has 1 aromatic rings. The van der Waals surface area contributed by atoms with Gasteiger partial charge in [0.25, 0.3) is 11.7 Å². The van der Waals surface area contributed by atoms with Crippen molar-refractivity contribution >= 4 is 29.0 Å². The average Bonchev–Trinajstić information content (AvgIpc) is 2.63. The van der Waals surface area contributed by atoms with Crippen molar-refractivity contribution in [1.29, 1.82) is 0 Å². The number of amides is 1. The molecule has 2 rings (SSSR count). The van der Waals surface area contributed by atoms with E-state index in [1.807, 2.05) is 0 Å². The van der Waals surface area contributed by atoms with Gasteiger partial charge in [-0.3, -0.25) is 9.59 Å². The van der Waals surface area contributed by atoms with Gasteiger partial charge in [-0.25, -0.2) is 4.39 Å². The Morgan fingerprint density at radius 1 is 1.11 bits per heavy atom. The fraction of sp³-hybridized carbons (Fsp3) is 0.429. The van der Waals surface area contributed by atoms with E-state index < -0.39 is 17.5 Å². The number of carbonyl (C=O) groups excluding carboxylic acids is 2. The lowest BCUT2D eigenvalue weighted by molar-refractivity contribution is -0.114. The summed E-state index contributed by atoms with van der Waals surface area (Å²) in [5.41, 5.74) is 0.694. The number of ketones is 1. The number of unbranched alkanes of at least 4 members (excludes halogenated alkanes) is 3. The Bertz CT molecular complexity index is 504. The maximum absolute atomic E-state index is 13.1. The van der Waals surface area contributed by atoms with Crippen LogP contribution in [-0.2, 0) is 4.79 Å². The van der Waals surface area contributed by atoms with Crippen molar-refractivity contribution in [3.05, 3.63) is 29.6 Å². The van der Waals surface area contributed by atoms with E-state index in [4.69, 9.17) is 11.6 Å². The minimum Gasteiger partial charge on any atom is -0.305 e. The largest absolute Gasteiger partial charge is 0.305 e. The standard InChI is InChI=1S/C14H15ClFNO2/c15-7-3-1-2-4-8-17-12-6-5-10(16)9-11(12)13(18)14(17)19/h5-6,9H,1-4,7-8H2. The highest BCUT2D eigenvalue weighted by atomic mass is 35.5. The number of fused-ring (bicyclic) bond motifs is 1. The van der Waals surface area contributed by atoms with E-state index in [-0.39, 0.29) is 5.56 Å². The minimum atomic E-state index is -0.616. The predicted octanol–water partition coefficient (Wildman–Crippen LogP) is 3.15. The molecule has 0 bridgehead atoms. The van der Waals surface area contributed by atoms with E-state index in [2.05, 4.69) is 0 Å². The number of nitrogens with zero attached hydrogens (tertiary/aromatic N) is 1. The lowest BCUT2D eigenvalue weighted by Gasteiger charge is -2.16. The maximum atomic E-state index is 13.1. The Labute approximate surface area is 116 Å². The van der Waals surface area contributed by atoms with Crippen LogP contribution in [0.25, 0.3) is 0 Å². The SMILES string of the molecule is O=C1C(=O)N(CCCCCCCl)c2ccc(F)cc21. The topological polar surface area (TPSA) is 37.4 Å². The Hall–Kier alpha value is -1.42. The van der Waals surface area contributed by atoms with Crippen molar-refractivity contribution in [2.24, 2.45) is 0 Å². The van der Waals surface area contributed by atoms with Crippen LogP contribution < -0.4 is 4.90 Å². The molecule has 1 aliphatic rings. The molecule has 0 spiro atoms. The third-order valence-corrected chi connectivity index (χ3v) is 3.47. The summed E-state index contributed by atoms with van der Waals surface area (Å²) in [6, 6.07) is 3.89. The van der Waals surface area contributed by atoms with Crippen LogP contribution in [0, 0.1) is 5.82 Å². The van der Waals surface area contributed by atoms with Crippen molar-refractivity contribution < 1.29 is 14.0 Å². The molecule has 0 unspecified atom stereocenters. The molecule has 5 heteroatoms. The number of carbonyl (C=O) groups is 2. The maximum Gasteiger partial charge on any atom is 0.299 e. The smallest absolute Gasteiger partial charge is 0.299 e. The van der Waals surface area contributed by atoms with Crippen molar-refractivity contribution in [3.63, 3.8) is 0 Å². The number of hydrogen-bond acceptors (Lipinski definition) is 2. The Morgan fingerprint density at radius 2 is 1.84 bits per heavy atom. The molecule has 1 heterocycles. The first kappa shape index (κ1) is 14.0. The molecule has 1 aliphatic heterocycles. The van der Waals surface area contributed by atoms with Gasteiger partial charge in [-0.05, 0) is 31.0 Å². The third-order valence-electron chi connectivity index (χ3n) is 3.20. The summed E-state index contributed by atoms with van der Waals surface area (Å²) in [4.78, 5) is 25.0. The second-order valence-electron chi connectivity index (χ2n) is 4.55. The highest BCUT2D eigenvalue weighted by Gasteiger charge is 2.35. The molecular formula is C14H15ClFNO2. The lowest BCUT2D eigenvalue weighted by Crippen LogP contribution is -2.30. The molecule has 1 amide bonds. The molecule has 0 radical (unpaired) electrons. The quantitative estimate of drug-likeness (QED) is 0.457. The molecule has 19 heavy (non-hydrogen) atoms. The average molecular weight is 284 g/mol. The molecule has 0 saturated heterocycles. The molecule has 0 aliphatic carbocycles. The van der Waals surface area contributed by atoms with Crippen LogP contribution in [0.1, 0.15) is 36.0 Å². The number of hydrogen-bond donors (Lipinski definition) is 0. The van der Waals surface area contributed by atoms with Crippen LogP contribution in [-0.4, -0.2) is 24.1 Å². The van der Waals surface area contributed by atoms with Crippen LogP contribution in [0.15, 0.2) is 18.2 Å². The van der Waals surface area contributed by atoms with Gasteiger partial charge in [0.1, 0.15) is 5.82 Å². The summed E-state index contributed by atoms with van der Waals surface area (Å²) in [5.74, 6) is -1.03. The second kappa shape index (κ2) is 6.15.